The summed E-state index contributed by atoms with van der Waals surface area (Å²) in [4.78, 5) is 10.5. The number of pyridine rings is 1. The normalized spacial score (nSPS) is 22.7. The summed E-state index contributed by atoms with van der Waals surface area (Å²) in [6.45, 7) is 2.25. The Morgan fingerprint density at radius 1 is 1.33 bits per heavy atom. The highest BCUT2D eigenvalue weighted by Gasteiger charge is 2.43. The standard InChI is InChI=1S/C15H19N3/c1-18-9-12-13(15(10-18)6-2-3-7-15)11-5-4-8-16-14(11)17-12/h4-5,8H,2-3,6-7,9-10H2,1H3,(H,16,17). The molecule has 3 nitrogen and oxygen atoms in total. The van der Waals surface area contributed by atoms with Crippen LogP contribution >= 0.6 is 0 Å². The Balaban J connectivity index is 2.01. The number of hydrogen-bond acceptors (Lipinski definition) is 2. The molecule has 1 saturated carbocycles. The molecule has 1 spiro atoms. The number of hydrogen-bond donors (Lipinski definition) is 1. The van der Waals surface area contributed by atoms with E-state index in [0.29, 0.717) is 5.41 Å². The third kappa shape index (κ3) is 1.31. The number of nitrogens with one attached hydrogen (secondary N) is 1. The summed E-state index contributed by atoms with van der Waals surface area (Å²) in [6, 6.07) is 4.31. The molecule has 1 aliphatic carbocycles. The quantitative estimate of drug-likeness (QED) is 0.769. The molecule has 2 aromatic rings. The number of rotatable bonds is 0. The number of aromatic nitrogens is 2. The van der Waals surface area contributed by atoms with Crippen molar-refractivity contribution in [3.63, 3.8) is 0 Å². The fourth-order valence-electron chi connectivity index (χ4n) is 4.18. The maximum absolute atomic E-state index is 4.49. The predicted molar refractivity (Wildman–Crippen MR) is 72.6 cm³/mol. The summed E-state index contributed by atoms with van der Waals surface area (Å²) in [7, 11) is 2.24. The van der Waals surface area contributed by atoms with E-state index in [4.69, 9.17) is 0 Å². The zero-order valence-electron chi connectivity index (χ0n) is 10.9. The third-order valence-electron chi connectivity index (χ3n) is 4.74. The van der Waals surface area contributed by atoms with Crippen molar-refractivity contribution in [1.82, 2.24) is 14.9 Å². The smallest absolute Gasteiger partial charge is 0.137 e. The van der Waals surface area contributed by atoms with Crippen LogP contribution in [0.5, 0.6) is 0 Å². The first-order valence-electron chi connectivity index (χ1n) is 6.93. The van der Waals surface area contributed by atoms with Gasteiger partial charge in [0.2, 0.25) is 0 Å². The molecule has 18 heavy (non-hydrogen) atoms. The Morgan fingerprint density at radius 2 is 2.17 bits per heavy atom. The molecule has 0 radical (unpaired) electrons. The lowest BCUT2D eigenvalue weighted by molar-refractivity contribution is 0.212. The highest BCUT2D eigenvalue weighted by atomic mass is 15.1. The van der Waals surface area contributed by atoms with Gasteiger partial charge in [-0.3, -0.25) is 4.90 Å². The monoisotopic (exact) mass is 241 g/mol. The second-order valence-electron chi connectivity index (χ2n) is 6.04. The van der Waals surface area contributed by atoms with Crippen LogP contribution in [-0.4, -0.2) is 28.5 Å². The topological polar surface area (TPSA) is 31.9 Å². The van der Waals surface area contributed by atoms with E-state index in [2.05, 4.69) is 34.0 Å². The zero-order valence-corrected chi connectivity index (χ0v) is 10.9. The Bertz CT molecular complexity index is 593. The van der Waals surface area contributed by atoms with Gasteiger partial charge in [0.25, 0.3) is 0 Å². The molecule has 0 saturated heterocycles. The summed E-state index contributed by atoms with van der Waals surface area (Å²) < 4.78 is 0. The molecule has 3 heterocycles. The summed E-state index contributed by atoms with van der Waals surface area (Å²) in [6.07, 6.45) is 7.31. The van der Waals surface area contributed by atoms with Gasteiger partial charge in [0, 0.05) is 35.8 Å². The zero-order chi connectivity index (χ0) is 12.2. The Labute approximate surface area is 107 Å². The van der Waals surface area contributed by atoms with E-state index in [9.17, 15) is 0 Å². The largest absolute Gasteiger partial charge is 0.342 e. The molecule has 0 aromatic carbocycles. The average molecular weight is 241 g/mol. The molecule has 2 aromatic heterocycles. The van der Waals surface area contributed by atoms with Gasteiger partial charge in [0.1, 0.15) is 5.65 Å². The summed E-state index contributed by atoms with van der Waals surface area (Å²) in [5.74, 6) is 0. The van der Waals surface area contributed by atoms with Crippen molar-refractivity contribution < 1.29 is 0 Å². The maximum atomic E-state index is 4.49. The molecule has 2 aliphatic rings. The maximum Gasteiger partial charge on any atom is 0.137 e. The number of fused-ring (bicyclic) bond motifs is 4. The van der Waals surface area contributed by atoms with Crippen molar-refractivity contribution >= 4 is 11.0 Å². The van der Waals surface area contributed by atoms with Crippen molar-refractivity contribution in [3.05, 3.63) is 29.6 Å². The van der Waals surface area contributed by atoms with Gasteiger partial charge in [0.05, 0.1) is 0 Å². The molecule has 1 fully saturated rings. The van der Waals surface area contributed by atoms with Crippen molar-refractivity contribution in [3.8, 4) is 0 Å². The average Bonchev–Trinajstić information content (AvgIpc) is 2.93. The SMILES string of the molecule is CN1Cc2[nH]c3ncccc3c2C2(CCCC2)C1. The van der Waals surface area contributed by atoms with Gasteiger partial charge >= 0.3 is 0 Å². The van der Waals surface area contributed by atoms with Crippen molar-refractivity contribution in [2.24, 2.45) is 0 Å². The van der Waals surface area contributed by atoms with Gasteiger partial charge in [-0.1, -0.05) is 12.8 Å². The van der Waals surface area contributed by atoms with Crippen molar-refractivity contribution in [1.29, 1.82) is 0 Å². The Hall–Kier alpha value is -1.35. The second kappa shape index (κ2) is 3.58. The van der Waals surface area contributed by atoms with Crippen LogP contribution in [0.3, 0.4) is 0 Å². The van der Waals surface area contributed by atoms with E-state index in [1.54, 1.807) is 5.56 Å². The second-order valence-corrected chi connectivity index (χ2v) is 6.04. The van der Waals surface area contributed by atoms with Gasteiger partial charge < -0.3 is 4.98 Å². The van der Waals surface area contributed by atoms with Crippen molar-refractivity contribution in [2.75, 3.05) is 13.6 Å². The van der Waals surface area contributed by atoms with Gasteiger partial charge in [-0.25, -0.2) is 4.98 Å². The van der Waals surface area contributed by atoms with E-state index < -0.39 is 0 Å². The van der Waals surface area contributed by atoms with Crippen LogP contribution in [0, 0.1) is 0 Å². The molecule has 1 N–H and O–H groups in total. The number of likely N-dealkylation sites (N-methyl/N-ethyl adjacent to an activating group) is 1. The van der Waals surface area contributed by atoms with Crippen molar-refractivity contribution in [2.45, 2.75) is 37.6 Å². The molecule has 4 rings (SSSR count). The third-order valence-corrected chi connectivity index (χ3v) is 4.74. The highest BCUT2D eigenvalue weighted by Crippen LogP contribution is 2.48. The number of H-pyrrole nitrogens is 1. The molecular formula is C15H19N3. The van der Waals surface area contributed by atoms with E-state index in [1.807, 2.05) is 6.20 Å². The lowest BCUT2D eigenvalue weighted by Crippen LogP contribution is -2.41. The lowest BCUT2D eigenvalue weighted by Gasteiger charge is -2.39. The highest BCUT2D eigenvalue weighted by molar-refractivity contribution is 5.83. The molecule has 3 heteroatoms. The molecule has 0 bridgehead atoms. The van der Waals surface area contributed by atoms with Crippen LogP contribution < -0.4 is 0 Å². The van der Waals surface area contributed by atoms with E-state index in [0.717, 1.165) is 12.2 Å². The predicted octanol–water partition coefficient (Wildman–Crippen LogP) is 2.82. The Morgan fingerprint density at radius 3 is 3.00 bits per heavy atom. The minimum Gasteiger partial charge on any atom is -0.342 e. The molecular weight excluding hydrogens is 222 g/mol. The van der Waals surface area contributed by atoms with Gasteiger partial charge in [-0.2, -0.15) is 0 Å². The van der Waals surface area contributed by atoms with E-state index in [1.165, 1.54) is 43.3 Å². The Kier molecular flexibility index (Phi) is 2.10. The number of nitrogens with zero attached hydrogens (tertiary/aromatic N) is 2. The summed E-state index contributed by atoms with van der Waals surface area (Å²) >= 11 is 0. The van der Waals surface area contributed by atoms with Crippen LogP contribution in [0.1, 0.15) is 36.9 Å². The van der Waals surface area contributed by atoms with Gasteiger partial charge in [0.15, 0.2) is 0 Å². The number of aromatic amines is 1. The molecule has 94 valence electrons. The van der Waals surface area contributed by atoms with Gasteiger partial charge in [-0.15, -0.1) is 0 Å². The fraction of sp³-hybridized carbons (Fsp3) is 0.533. The lowest BCUT2D eigenvalue weighted by atomic mass is 9.75. The van der Waals surface area contributed by atoms with Crippen LogP contribution in [0.2, 0.25) is 0 Å². The van der Waals surface area contributed by atoms with Crippen LogP contribution in [0.4, 0.5) is 0 Å². The van der Waals surface area contributed by atoms with Crippen LogP contribution in [0.15, 0.2) is 18.3 Å². The first kappa shape index (κ1) is 10.6. The fourth-order valence-corrected chi connectivity index (χ4v) is 4.18. The summed E-state index contributed by atoms with van der Waals surface area (Å²) in [5.41, 5.74) is 4.45. The first-order chi connectivity index (χ1) is 8.78. The molecule has 1 aliphatic heterocycles. The summed E-state index contributed by atoms with van der Waals surface area (Å²) in [5, 5.41) is 1.36. The minimum atomic E-state index is 0.392. The van der Waals surface area contributed by atoms with Gasteiger partial charge in [-0.05, 0) is 37.6 Å². The van der Waals surface area contributed by atoms with E-state index >= 15 is 0 Å². The van der Waals surface area contributed by atoms with Crippen LogP contribution in [-0.2, 0) is 12.0 Å². The molecule has 0 amide bonds. The van der Waals surface area contributed by atoms with E-state index in [-0.39, 0.29) is 0 Å². The molecule has 0 atom stereocenters. The molecule has 0 unspecified atom stereocenters. The minimum absolute atomic E-state index is 0.392. The van der Waals surface area contributed by atoms with Crippen LogP contribution in [0.25, 0.3) is 11.0 Å². The first-order valence-corrected chi connectivity index (χ1v) is 6.93.